The highest BCUT2D eigenvalue weighted by atomic mass is 19.4. The number of halogens is 3. The lowest BCUT2D eigenvalue weighted by molar-refractivity contribution is -0.142. The van der Waals surface area contributed by atoms with Crippen molar-refractivity contribution in [2.45, 2.75) is 53.0 Å². The Labute approximate surface area is 125 Å². The molecule has 2 aromatic heterocycles. The molecule has 0 saturated heterocycles. The number of aryl methyl sites for hydroxylation is 2. The van der Waals surface area contributed by atoms with E-state index < -0.39 is 12.7 Å². The highest BCUT2D eigenvalue weighted by Gasteiger charge is 2.30. The normalized spacial score (nSPS) is 13.6. The van der Waals surface area contributed by atoms with Crippen molar-refractivity contribution in [3.05, 3.63) is 28.7 Å². The molecule has 0 saturated carbocycles. The summed E-state index contributed by atoms with van der Waals surface area (Å²) < 4.78 is 43.6. The molecular weight excluding hydrogens is 299 g/mol. The van der Waals surface area contributed by atoms with Crippen LogP contribution >= 0.6 is 0 Å². The zero-order chi connectivity index (χ0) is 16.5. The maximum absolute atomic E-state index is 12.5. The first-order valence-corrected chi connectivity index (χ1v) is 6.80. The van der Waals surface area contributed by atoms with Gasteiger partial charge in [-0.25, -0.2) is 0 Å². The number of aromatic nitrogens is 4. The van der Waals surface area contributed by atoms with Crippen molar-refractivity contribution in [3.8, 4) is 0 Å². The number of nitrogens with zero attached hydrogens (tertiary/aromatic N) is 4. The van der Waals surface area contributed by atoms with Crippen LogP contribution in [0.3, 0.4) is 0 Å². The van der Waals surface area contributed by atoms with Gasteiger partial charge in [-0.2, -0.15) is 23.3 Å². The minimum atomic E-state index is -4.29. The molecule has 0 aliphatic carbocycles. The molecule has 122 valence electrons. The SMILES string of the molecule is Cc1noc(CN[C@@H](C)c2c(C)nn(CC(F)(F)F)c2C)n1. The highest BCUT2D eigenvalue weighted by molar-refractivity contribution is 5.27. The summed E-state index contributed by atoms with van der Waals surface area (Å²) in [5.74, 6) is 0.970. The van der Waals surface area contributed by atoms with Crippen LogP contribution in [0.1, 0.15) is 41.6 Å². The summed E-state index contributed by atoms with van der Waals surface area (Å²) in [7, 11) is 0. The van der Waals surface area contributed by atoms with Crippen molar-refractivity contribution in [1.82, 2.24) is 25.2 Å². The first-order valence-electron chi connectivity index (χ1n) is 6.80. The van der Waals surface area contributed by atoms with Crippen molar-refractivity contribution >= 4 is 0 Å². The van der Waals surface area contributed by atoms with Crippen molar-refractivity contribution in [2.75, 3.05) is 0 Å². The van der Waals surface area contributed by atoms with E-state index in [4.69, 9.17) is 4.52 Å². The van der Waals surface area contributed by atoms with Crippen molar-refractivity contribution in [1.29, 1.82) is 0 Å². The van der Waals surface area contributed by atoms with E-state index in [0.717, 1.165) is 10.2 Å². The lowest BCUT2D eigenvalue weighted by Gasteiger charge is -2.14. The molecule has 0 bridgehead atoms. The van der Waals surface area contributed by atoms with Crippen LogP contribution in [0.5, 0.6) is 0 Å². The molecule has 0 unspecified atom stereocenters. The van der Waals surface area contributed by atoms with E-state index in [0.29, 0.717) is 29.6 Å². The Balaban J connectivity index is 2.10. The van der Waals surface area contributed by atoms with Crippen molar-refractivity contribution in [3.63, 3.8) is 0 Å². The average molecular weight is 317 g/mol. The van der Waals surface area contributed by atoms with Gasteiger partial charge in [0.1, 0.15) is 6.54 Å². The molecule has 22 heavy (non-hydrogen) atoms. The van der Waals surface area contributed by atoms with Crippen LogP contribution in [-0.4, -0.2) is 26.1 Å². The molecule has 2 aromatic rings. The Morgan fingerprint density at radius 2 is 1.95 bits per heavy atom. The number of nitrogens with one attached hydrogen (secondary N) is 1. The maximum Gasteiger partial charge on any atom is 0.408 e. The topological polar surface area (TPSA) is 68.8 Å². The lowest BCUT2D eigenvalue weighted by Crippen LogP contribution is -2.21. The highest BCUT2D eigenvalue weighted by Crippen LogP contribution is 2.25. The number of alkyl halides is 3. The Morgan fingerprint density at radius 3 is 2.50 bits per heavy atom. The largest absolute Gasteiger partial charge is 0.408 e. The van der Waals surface area contributed by atoms with E-state index in [1.165, 1.54) is 0 Å². The van der Waals surface area contributed by atoms with Crippen LogP contribution in [0.4, 0.5) is 13.2 Å². The van der Waals surface area contributed by atoms with Gasteiger partial charge in [0, 0.05) is 17.3 Å². The van der Waals surface area contributed by atoms with E-state index >= 15 is 0 Å². The summed E-state index contributed by atoms with van der Waals surface area (Å²) in [6, 6.07) is -0.186. The summed E-state index contributed by atoms with van der Waals surface area (Å²) in [5, 5.41) is 10.8. The predicted molar refractivity (Wildman–Crippen MR) is 72.0 cm³/mol. The van der Waals surface area contributed by atoms with E-state index in [-0.39, 0.29) is 6.04 Å². The number of rotatable bonds is 5. The van der Waals surface area contributed by atoms with Crippen LogP contribution in [-0.2, 0) is 13.1 Å². The first kappa shape index (κ1) is 16.5. The second kappa shape index (κ2) is 6.07. The fraction of sp³-hybridized carbons (Fsp3) is 0.615. The summed E-state index contributed by atoms with van der Waals surface area (Å²) in [6.07, 6.45) is -4.29. The molecule has 1 atom stereocenters. The summed E-state index contributed by atoms with van der Waals surface area (Å²) in [6.45, 7) is 6.16. The second-order valence-electron chi connectivity index (χ2n) is 5.20. The molecule has 9 heteroatoms. The molecule has 0 aromatic carbocycles. The molecule has 0 fully saturated rings. The molecule has 0 radical (unpaired) electrons. The maximum atomic E-state index is 12.5. The molecule has 6 nitrogen and oxygen atoms in total. The first-order chi connectivity index (χ1) is 10.2. The molecule has 0 aliphatic heterocycles. The molecular formula is C13H18F3N5O. The third-order valence-corrected chi connectivity index (χ3v) is 3.33. The summed E-state index contributed by atoms with van der Waals surface area (Å²) in [5.41, 5.74) is 1.82. The van der Waals surface area contributed by atoms with Crippen LogP contribution in [0.2, 0.25) is 0 Å². The van der Waals surface area contributed by atoms with E-state index in [2.05, 4.69) is 20.6 Å². The third kappa shape index (κ3) is 3.85. The Hall–Kier alpha value is -1.90. The summed E-state index contributed by atoms with van der Waals surface area (Å²) in [4.78, 5) is 4.06. The average Bonchev–Trinajstić information content (AvgIpc) is 2.90. The van der Waals surface area contributed by atoms with Gasteiger partial charge in [0.25, 0.3) is 0 Å². The molecule has 0 spiro atoms. The van der Waals surface area contributed by atoms with Gasteiger partial charge in [-0.1, -0.05) is 5.16 Å². The smallest absolute Gasteiger partial charge is 0.338 e. The monoisotopic (exact) mass is 317 g/mol. The van der Waals surface area contributed by atoms with Gasteiger partial charge < -0.3 is 9.84 Å². The van der Waals surface area contributed by atoms with Gasteiger partial charge >= 0.3 is 6.18 Å². The molecule has 0 aliphatic rings. The third-order valence-electron chi connectivity index (χ3n) is 3.33. The van der Waals surface area contributed by atoms with Crippen LogP contribution in [0.25, 0.3) is 0 Å². The van der Waals surface area contributed by atoms with Gasteiger partial charge in [0.15, 0.2) is 5.82 Å². The standard InChI is InChI=1S/C13H18F3N5O/c1-7(17-5-11-18-10(4)20-22-11)12-8(2)19-21(9(12)3)6-13(14,15)16/h7,17H,5-6H2,1-4H3/t7-/m0/s1. The quantitative estimate of drug-likeness (QED) is 0.918. The Kier molecular flexibility index (Phi) is 4.55. The van der Waals surface area contributed by atoms with Gasteiger partial charge in [-0.3, -0.25) is 4.68 Å². The van der Waals surface area contributed by atoms with Crippen molar-refractivity contribution < 1.29 is 17.7 Å². The molecule has 2 heterocycles. The molecule has 0 amide bonds. The van der Waals surface area contributed by atoms with E-state index in [1.54, 1.807) is 20.8 Å². The summed E-state index contributed by atoms with van der Waals surface area (Å²) >= 11 is 0. The molecule has 1 N–H and O–H groups in total. The Morgan fingerprint density at radius 1 is 1.27 bits per heavy atom. The Bertz CT molecular complexity index is 647. The second-order valence-corrected chi connectivity index (χ2v) is 5.20. The van der Waals surface area contributed by atoms with Gasteiger partial charge in [-0.05, 0) is 27.7 Å². The van der Waals surface area contributed by atoms with Crippen LogP contribution < -0.4 is 5.32 Å². The predicted octanol–water partition coefficient (Wildman–Crippen LogP) is 2.60. The van der Waals surface area contributed by atoms with Crippen LogP contribution in [0, 0.1) is 20.8 Å². The molecule has 2 rings (SSSR count). The lowest BCUT2D eigenvalue weighted by atomic mass is 10.1. The van der Waals surface area contributed by atoms with E-state index in [1.807, 2.05) is 6.92 Å². The number of hydrogen-bond donors (Lipinski definition) is 1. The van der Waals surface area contributed by atoms with Gasteiger partial charge in [0.05, 0.1) is 12.2 Å². The zero-order valence-corrected chi connectivity index (χ0v) is 12.8. The fourth-order valence-electron chi connectivity index (χ4n) is 2.42. The van der Waals surface area contributed by atoms with Crippen LogP contribution in [0.15, 0.2) is 4.52 Å². The zero-order valence-electron chi connectivity index (χ0n) is 12.8. The van der Waals surface area contributed by atoms with E-state index in [9.17, 15) is 13.2 Å². The minimum absolute atomic E-state index is 0.186. The number of hydrogen-bond acceptors (Lipinski definition) is 5. The van der Waals surface area contributed by atoms with Gasteiger partial charge in [-0.15, -0.1) is 0 Å². The van der Waals surface area contributed by atoms with Gasteiger partial charge in [0.2, 0.25) is 5.89 Å². The van der Waals surface area contributed by atoms with Crippen molar-refractivity contribution in [2.24, 2.45) is 0 Å². The fourth-order valence-corrected chi connectivity index (χ4v) is 2.42. The minimum Gasteiger partial charge on any atom is -0.338 e.